The molecule has 5 nitrogen and oxygen atoms in total. The molecule has 0 spiro atoms. The van der Waals surface area contributed by atoms with Crippen molar-refractivity contribution < 1.29 is 14.8 Å². The van der Waals surface area contributed by atoms with E-state index in [0.717, 1.165) is 32.1 Å². The van der Waals surface area contributed by atoms with Gasteiger partial charge in [-0.25, -0.2) is 0 Å². The number of aliphatic hydroxyl groups excluding tert-OH is 1. The van der Waals surface area contributed by atoms with Crippen LogP contribution >= 0.6 is 11.6 Å². The van der Waals surface area contributed by atoms with E-state index in [0.29, 0.717) is 5.75 Å². The smallest absolute Gasteiger partial charge is 0.271 e. The Morgan fingerprint density at radius 1 is 1.32 bits per heavy atom. The number of ether oxygens (including phenoxy) is 1. The SMILES string of the molecule is O=[N+]([O-])c1ccc(OC2CCCCCC2O)c(Cl)c1. The highest BCUT2D eigenvalue weighted by molar-refractivity contribution is 6.32. The van der Waals surface area contributed by atoms with E-state index in [1.165, 1.54) is 18.2 Å². The van der Waals surface area contributed by atoms with Crippen molar-refractivity contribution in [2.75, 3.05) is 0 Å². The van der Waals surface area contributed by atoms with Gasteiger partial charge in [-0.15, -0.1) is 0 Å². The van der Waals surface area contributed by atoms with Crippen molar-refractivity contribution >= 4 is 17.3 Å². The molecule has 104 valence electrons. The Labute approximate surface area is 116 Å². The van der Waals surface area contributed by atoms with Crippen LogP contribution in [0.2, 0.25) is 5.02 Å². The minimum Gasteiger partial charge on any atom is -0.486 e. The lowest BCUT2D eigenvalue weighted by Crippen LogP contribution is -2.30. The fourth-order valence-electron chi connectivity index (χ4n) is 2.25. The van der Waals surface area contributed by atoms with Crippen molar-refractivity contribution in [2.45, 2.75) is 44.3 Å². The Balaban J connectivity index is 2.11. The predicted octanol–water partition coefficient (Wildman–Crippen LogP) is 3.32. The average Bonchev–Trinajstić information content (AvgIpc) is 2.57. The number of hydrogen-bond donors (Lipinski definition) is 1. The van der Waals surface area contributed by atoms with Crippen molar-refractivity contribution in [1.82, 2.24) is 0 Å². The third-order valence-corrected chi connectivity index (χ3v) is 3.62. The van der Waals surface area contributed by atoms with Crippen LogP contribution < -0.4 is 4.74 Å². The van der Waals surface area contributed by atoms with Crippen LogP contribution in [0, 0.1) is 10.1 Å². The summed E-state index contributed by atoms with van der Waals surface area (Å²) in [6.45, 7) is 0. The molecule has 0 heterocycles. The maximum Gasteiger partial charge on any atom is 0.271 e. The molecule has 2 rings (SSSR count). The molecular weight excluding hydrogens is 270 g/mol. The fourth-order valence-corrected chi connectivity index (χ4v) is 2.47. The second-order valence-electron chi connectivity index (χ2n) is 4.73. The summed E-state index contributed by atoms with van der Waals surface area (Å²) in [4.78, 5) is 10.1. The summed E-state index contributed by atoms with van der Waals surface area (Å²) < 4.78 is 5.71. The third kappa shape index (κ3) is 3.58. The van der Waals surface area contributed by atoms with E-state index in [1.54, 1.807) is 0 Å². The van der Waals surface area contributed by atoms with Gasteiger partial charge in [-0.1, -0.05) is 24.4 Å². The van der Waals surface area contributed by atoms with Gasteiger partial charge in [-0.3, -0.25) is 10.1 Å². The molecule has 1 fully saturated rings. The second kappa shape index (κ2) is 6.21. The van der Waals surface area contributed by atoms with E-state index in [9.17, 15) is 15.2 Å². The molecular formula is C13H16ClNO4. The molecule has 1 N–H and O–H groups in total. The summed E-state index contributed by atoms with van der Waals surface area (Å²) in [7, 11) is 0. The largest absolute Gasteiger partial charge is 0.486 e. The van der Waals surface area contributed by atoms with Gasteiger partial charge in [0.25, 0.3) is 5.69 Å². The molecule has 2 atom stereocenters. The van der Waals surface area contributed by atoms with Crippen LogP contribution in [0.1, 0.15) is 32.1 Å². The average molecular weight is 286 g/mol. The molecule has 6 heteroatoms. The number of nitro groups is 1. The first-order chi connectivity index (χ1) is 9.08. The van der Waals surface area contributed by atoms with Crippen molar-refractivity contribution in [3.8, 4) is 5.75 Å². The topological polar surface area (TPSA) is 72.6 Å². The van der Waals surface area contributed by atoms with Gasteiger partial charge in [0.15, 0.2) is 0 Å². The fraction of sp³-hybridized carbons (Fsp3) is 0.538. The molecule has 0 bridgehead atoms. The number of rotatable bonds is 3. The Hall–Kier alpha value is -1.33. The van der Waals surface area contributed by atoms with Crippen LogP contribution in [-0.4, -0.2) is 22.2 Å². The first-order valence-corrected chi connectivity index (χ1v) is 6.74. The van der Waals surface area contributed by atoms with Crippen LogP contribution in [0.5, 0.6) is 5.75 Å². The maximum atomic E-state index is 10.6. The number of hydrogen-bond acceptors (Lipinski definition) is 4. The predicted molar refractivity (Wildman–Crippen MR) is 71.6 cm³/mol. The lowest BCUT2D eigenvalue weighted by Gasteiger charge is -2.22. The highest BCUT2D eigenvalue weighted by Gasteiger charge is 2.24. The zero-order chi connectivity index (χ0) is 13.8. The summed E-state index contributed by atoms with van der Waals surface area (Å²) >= 11 is 5.97. The van der Waals surface area contributed by atoms with Gasteiger partial charge in [0, 0.05) is 12.1 Å². The lowest BCUT2D eigenvalue weighted by molar-refractivity contribution is -0.384. The van der Waals surface area contributed by atoms with Crippen LogP contribution in [0.3, 0.4) is 0 Å². The minimum absolute atomic E-state index is 0.0706. The van der Waals surface area contributed by atoms with Crippen molar-refractivity contribution in [3.05, 3.63) is 33.3 Å². The first-order valence-electron chi connectivity index (χ1n) is 6.36. The summed E-state index contributed by atoms with van der Waals surface area (Å²) in [6, 6.07) is 4.10. The molecule has 1 aromatic rings. The van der Waals surface area contributed by atoms with Crippen LogP contribution in [0.4, 0.5) is 5.69 Å². The standard InChI is InChI=1S/C13H16ClNO4/c14-10-8-9(15(17)18)6-7-12(10)19-13-5-3-1-2-4-11(13)16/h6-8,11,13,16H,1-5H2. The number of non-ortho nitro benzene ring substituents is 1. The number of nitrogens with zero attached hydrogens (tertiary/aromatic N) is 1. The van der Waals surface area contributed by atoms with Gasteiger partial charge < -0.3 is 9.84 Å². The van der Waals surface area contributed by atoms with E-state index in [2.05, 4.69) is 0 Å². The van der Waals surface area contributed by atoms with Gasteiger partial charge in [0.1, 0.15) is 11.9 Å². The maximum absolute atomic E-state index is 10.6. The van der Waals surface area contributed by atoms with E-state index in [-0.39, 0.29) is 16.8 Å². The van der Waals surface area contributed by atoms with Crippen molar-refractivity contribution in [1.29, 1.82) is 0 Å². The summed E-state index contributed by atoms with van der Waals surface area (Å²) in [5, 5.41) is 20.8. The normalized spacial score (nSPS) is 23.7. The molecule has 0 aliphatic heterocycles. The highest BCUT2D eigenvalue weighted by Crippen LogP contribution is 2.31. The van der Waals surface area contributed by atoms with Crippen molar-refractivity contribution in [3.63, 3.8) is 0 Å². The van der Waals surface area contributed by atoms with E-state index in [1.807, 2.05) is 0 Å². The Morgan fingerprint density at radius 2 is 2.05 bits per heavy atom. The molecule has 0 saturated heterocycles. The second-order valence-corrected chi connectivity index (χ2v) is 5.14. The monoisotopic (exact) mass is 285 g/mol. The van der Waals surface area contributed by atoms with E-state index >= 15 is 0 Å². The number of aliphatic hydroxyl groups is 1. The first kappa shape index (κ1) is 14.1. The molecule has 2 unspecified atom stereocenters. The molecule has 0 aromatic heterocycles. The van der Waals surface area contributed by atoms with Crippen LogP contribution in [0.25, 0.3) is 0 Å². The third-order valence-electron chi connectivity index (χ3n) is 3.32. The van der Waals surface area contributed by atoms with Gasteiger partial charge in [-0.2, -0.15) is 0 Å². The molecule has 1 aromatic carbocycles. The Morgan fingerprint density at radius 3 is 2.74 bits per heavy atom. The summed E-state index contributed by atoms with van der Waals surface area (Å²) in [5.41, 5.74) is -0.0706. The van der Waals surface area contributed by atoms with E-state index in [4.69, 9.17) is 16.3 Å². The van der Waals surface area contributed by atoms with Gasteiger partial charge in [0.2, 0.25) is 0 Å². The molecule has 1 saturated carbocycles. The molecule has 0 radical (unpaired) electrons. The zero-order valence-electron chi connectivity index (χ0n) is 10.4. The Kier molecular flexibility index (Phi) is 4.61. The number of benzene rings is 1. The number of halogens is 1. The highest BCUT2D eigenvalue weighted by atomic mass is 35.5. The van der Waals surface area contributed by atoms with Crippen molar-refractivity contribution in [2.24, 2.45) is 0 Å². The quantitative estimate of drug-likeness (QED) is 0.525. The molecule has 1 aliphatic carbocycles. The van der Waals surface area contributed by atoms with Gasteiger partial charge >= 0.3 is 0 Å². The summed E-state index contributed by atoms with van der Waals surface area (Å²) in [6.07, 6.45) is 3.78. The molecule has 19 heavy (non-hydrogen) atoms. The zero-order valence-corrected chi connectivity index (χ0v) is 11.2. The van der Waals surface area contributed by atoms with Crippen LogP contribution in [-0.2, 0) is 0 Å². The number of nitro benzene ring substituents is 1. The van der Waals surface area contributed by atoms with Gasteiger partial charge in [-0.05, 0) is 25.3 Å². The minimum atomic E-state index is -0.506. The molecule has 0 amide bonds. The summed E-state index contributed by atoms with van der Waals surface area (Å²) in [5.74, 6) is 0.387. The Bertz CT molecular complexity index is 466. The van der Waals surface area contributed by atoms with E-state index < -0.39 is 11.0 Å². The lowest BCUT2D eigenvalue weighted by atomic mass is 10.1. The van der Waals surface area contributed by atoms with Gasteiger partial charge in [0.05, 0.1) is 16.0 Å². The molecule has 1 aliphatic rings. The van der Waals surface area contributed by atoms with Crippen LogP contribution in [0.15, 0.2) is 18.2 Å².